The summed E-state index contributed by atoms with van der Waals surface area (Å²) in [5, 5.41) is 26.0. The number of aliphatic hydroxyl groups excluding tert-OH is 2. The van der Waals surface area contributed by atoms with Crippen molar-refractivity contribution < 1.29 is 67.4 Å². The smallest absolute Gasteiger partial charge is 0.310 e. The van der Waals surface area contributed by atoms with Crippen molar-refractivity contribution in [2.75, 3.05) is 19.8 Å². The number of nitrogens with one attached hydrogen (secondary N) is 1. The highest BCUT2D eigenvalue weighted by atomic mass is 16.7. The zero-order chi connectivity index (χ0) is 72.0. The third kappa shape index (κ3) is 48.3. The Hall–Kier alpha value is -3.34. The fourth-order valence-electron chi connectivity index (χ4n) is 14.3. The van der Waals surface area contributed by atoms with E-state index in [2.05, 4.69) is 46.9 Å². The number of likely N-dealkylation sites (tertiary alicyclic amines) is 1. The van der Waals surface area contributed by atoms with Crippen LogP contribution in [-0.2, 0) is 57.2 Å². The molecule has 3 unspecified atom stereocenters. The van der Waals surface area contributed by atoms with Crippen LogP contribution in [-0.4, -0.2) is 126 Å². The molecule has 2 amide bonds. The Labute approximate surface area is 605 Å². The van der Waals surface area contributed by atoms with Crippen LogP contribution in [0.3, 0.4) is 0 Å². The Morgan fingerprint density at radius 3 is 1.10 bits per heavy atom. The molecular weight excluding hydrogens is 1250 g/mol. The number of unbranched alkanes of at least 4 members (excludes halogenated alkanes) is 42. The van der Waals surface area contributed by atoms with Gasteiger partial charge in [-0.25, -0.2) is 0 Å². The minimum atomic E-state index is -1.63. The van der Waals surface area contributed by atoms with E-state index in [9.17, 15) is 39.0 Å². The molecule has 3 N–H and O–H groups in total. The van der Waals surface area contributed by atoms with Gasteiger partial charge in [-0.3, -0.25) is 28.8 Å². The molecule has 2 aliphatic heterocycles. The first kappa shape index (κ1) is 91.7. The van der Waals surface area contributed by atoms with E-state index in [1.165, 1.54) is 148 Å². The Kier molecular flexibility index (Phi) is 59.6. The number of ether oxygens (including phenoxy) is 6. The minimum absolute atomic E-state index is 0.0457. The molecule has 0 saturated carbocycles. The molecule has 16 nitrogen and oxygen atoms in total. The lowest BCUT2D eigenvalue weighted by Crippen LogP contribution is -2.66. The number of aliphatic hydroxyl groups is 2. The van der Waals surface area contributed by atoms with Gasteiger partial charge in [0.1, 0.15) is 36.6 Å². The molecule has 0 aromatic rings. The van der Waals surface area contributed by atoms with Gasteiger partial charge in [-0.15, -0.1) is 0 Å². The van der Waals surface area contributed by atoms with Crippen molar-refractivity contribution >= 4 is 35.7 Å². The number of esters is 4. The number of hydrogen-bond acceptors (Lipinski definition) is 14. The lowest BCUT2D eigenvalue weighted by molar-refractivity contribution is -0.276. The lowest BCUT2D eigenvalue weighted by Gasteiger charge is -2.44. The molecule has 2 aliphatic rings. The van der Waals surface area contributed by atoms with Gasteiger partial charge in [-0.2, -0.15) is 0 Å². The molecule has 99 heavy (non-hydrogen) atoms. The molecule has 9 atom stereocenters. The van der Waals surface area contributed by atoms with Crippen molar-refractivity contribution in [1.82, 2.24) is 10.2 Å². The van der Waals surface area contributed by atoms with Gasteiger partial charge >= 0.3 is 23.9 Å². The van der Waals surface area contributed by atoms with E-state index in [1.54, 1.807) is 4.90 Å². The van der Waals surface area contributed by atoms with Crippen molar-refractivity contribution in [3.63, 3.8) is 0 Å². The number of carbonyl (C=O) groups excluding carboxylic acids is 6. The minimum Gasteiger partial charge on any atom is -0.462 e. The molecule has 0 aromatic carbocycles. The van der Waals surface area contributed by atoms with Gasteiger partial charge in [-0.1, -0.05) is 311 Å². The van der Waals surface area contributed by atoms with E-state index in [0.717, 1.165) is 148 Å². The van der Waals surface area contributed by atoms with Crippen LogP contribution in [0.4, 0.5) is 0 Å². The van der Waals surface area contributed by atoms with Gasteiger partial charge in [0.25, 0.3) is 0 Å². The highest BCUT2D eigenvalue weighted by Crippen LogP contribution is 2.30. The van der Waals surface area contributed by atoms with Crippen LogP contribution in [0.25, 0.3) is 0 Å². The van der Waals surface area contributed by atoms with Gasteiger partial charge in [0.2, 0.25) is 11.8 Å². The summed E-state index contributed by atoms with van der Waals surface area (Å²) >= 11 is 0. The number of hydrogen-bond donors (Lipinski definition) is 3. The summed E-state index contributed by atoms with van der Waals surface area (Å²) in [4.78, 5) is 86.2. The van der Waals surface area contributed by atoms with E-state index < -0.39 is 73.5 Å². The van der Waals surface area contributed by atoms with E-state index >= 15 is 0 Å². The summed E-state index contributed by atoms with van der Waals surface area (Å²) in [5.41, 5.74) is 0. The third-order valence-electron chi connectivity index (χ3n) is 20.5. The second-order valence-corrected chi connectivity index (χ2v) is 29.9. The zero-order valence-electron chi connectivity index (χ0n) is 64.8. The van der Waals surface area contributed by atoms with Crippen molar-refractivity contribution in [3.8, 4) is 0 Å². The molecular formula is C83H154N2O14. The van der Waals surface area contributed by atoms with Gasteiger partial charge in [0.05, 0.1) is 38.5 Å². The molecule has 580 valence electrons. The predicted octanol–water partition coefficient (Wildman–Crippen LogP) is 20.6. The van der Waals surface area contributed by atoms with E-state index in [1.807, 2.05) is 0 Å². The fraction of sp³-hybridized carbons (Fsp3) is 0.928. The Balaban J connectivity index is 2.49. The highest BCUT2D eigenvalue weighted by Gasteiger charge is 2.49. The molecule has 0 spiro atoms. The van der Waals surface area contributed by atoms with Crippen LogP contribution >= 0.6 is 0 Å². The SMILES string of the molecule is CCCCCCCCCCC[C@H](CC(=O)NC1C(OC(=O)C[C@@H](CCCCCCCCCCC)OC(=O)CCCCCCCCC)[C@H](O)C(CO)O[C@H]1OC[C@@H]1CCCN1C(=O)C[C@@H](CCCCCCCCCCC)OC(=O)CCCCCCCCC)OC(=O)CCCCCCCCC. The second-order valence-electron chi connectivity index (χ2n) is 29.9. The monoisotopic (exact) mass is 1400 g/mol. The number of nitrogens with zero attached hydrogens (tertiary/aromatic N) is 1. The Bertz CT molecular complexity index is 1960. The van der Waals surface area contributed by atoms with Gasteiger partial charge in [-0.05, 0) is 70.6 Å². The van der Waals surface area contributed by atoms with E-state index in [-0.39, 0.29) is 62.5 Å². The van der Waals surface area contributed by atoms with Crippen LogP contribution < -0.4 is 5.32 Å². The fourth-order valence-corrected chi connectivity index (χ4v) is 14.3. The molecule has 0 aliphatic carbocycles. The second kappa shape index (κ2) is 64.3. The molecule has 2 fully saturated rings. The molecule has 0 aromatic heterocycles. The quantitative estimate of drug-likeness (QED) is 0.0294. The number of amides is 2. The standard InChI is InChI=1S/C83H154N2O14/c1-7-13-19-25-31-34-40-43-49-57-70(95-76(89)60-52-46-37-28-22-16-10-4)64-74(87)84-80-82(99-79(92)66-72(59-51-45-42-36-33-27-21-15-9-3)97-78(91)62-54-48-39-30-24-18-12-6)81(93)73(67-86)98-83(80)94-68-69-56-55-63-85(69)75(88)65-71(58-50-44-41-35-32-26-20-14-8-2)96-77(90)61-53-47-38-29-23-17-11-5/h69-73,80-83,86,93H,7-68H2,1-6H3,(H,84,87)/t69-,70+,71+,72+,73?,80?,81+,82?,83+/m0/s1. The van der Waals surface area contributed by atoms with Crippen molar-refractivity contribution in [2.24, 2.45) is 0 Å². The van der Waals surface area contributed by atoms with E-state index in [0.29, 0.717) is 57.9 Å². The molecule has 2 heterocycles. The van der Waals surface area contributed by atoms with Crippen molar-refractivity contribution in [2.45, 2.75) is 475 Å². The zero-order valence-corrected chi connectivity index (χ0v) is 64.8. The maximum absolute atomic E-state index is 14.8. The maximum atomic E-state index is 14.8. The number of carbonyl (C=O) groups is 6. The Morgan fingerprint density at radius 1 is 0.424 bits per heavy atom. The van der Waals surface area contributed by atoms with Gasteiger partial charge in [0.15, 0.2) is 12.4 Å². The molecule has 2 saturated heterocycles. The topological polar surface area (TPSA) is 214 Å². The summed E-state index contributed by atoms with van der Waals surface area (Å²) in [6, 6.07) is -1.75. The maximum Gasteiger partial charge on any atom is 0.310 e. The summed E-state index contributed by atoms with van der Waals surface area (Å²) in [7, 11) is 0. The molecule has 16 heteroatoms. The first-order valence-corrected chi connectivity index (χ1v) is 42.3. The molecule has 0 radical (unpaired) electrons. The first-order chi connectivity index (χ1) is 48.3. The largest absolute Gasteiger partial charge is 0.462 e. The lowest BCUT2D eigenvalue weighted by atomic mass is 9.95. The van der Waals surface area contributed by atoms with Crippen molar-refractivity contribution in [1.29, 1.82) is 0 Å². The van der Waals surface area contributed by atoms with Crippen molar-refractivity contribution in [3.05, 3.63) is 0 Å². The van der Waals surface area contributed by atoms with Crippen LogP contribution in [0.15, 0.2) is 0 Å². The van der Waals surface area contributed by atoms with Crippen LogP contribution in [0.5, 0.6) is 0 Å². The third-order valence-corrected chi connectivity index (χ3v) is 20.5. The van der Waals surface area contributed by atoms with Crippen LogP contribution in [0, 0.1) is 0 Å². The highest BCUT2D eigenvalue weighted by molar-refractivity contribution is 5.79. The number of rotatable bonds is 69. The Morgan fingerprint density at radius 2 is 0.747 bits per heavy atom. The molecule has 2 rings (SSSR count). The predicted molar refractivity (Wildman–Crippen MR) is 401 cm³/mol. The normalized spacial score (nSPS) is 18.6. The summed E-state index contributed by atoms with van der Waals surface area (Å²) in [6.45, 7) is 13.0. The van der Waals surface area contributed by atoms with Gasteiger partial charge in [0, 0.05) is 25.8 Å². The summed E-state index contributed by atoms with van der Waals surface area (Å²) in [6.07, 6.45) is 47.7. The van der Waals surface area contributed by atoms with Gasteiger partial charge < -0.3 is 48.9 Å². The van der Waals surface area contributed by atoms with Crippen LogP contribution in [0.2, 0.25) is 0 Å². The first-order valence-electron chi connectivity index (χ1n) is 42.3. The van der Waals surface area contributed by atoms with Crippen LogP contribution in [0.1, 0.15) is 420 Å². The summed E-state index contributed by atoms with van der Waals surface area (Å²) < 4.78 is 37.7. The molecule has 0 bridgehead atoms. The average Bonchev–Trinajstić information content (AvgIpc) is 1.01. The van der Waals surface area contributed by atoms with E-state index in [4.69, 9.17) is 28.4 Å². The summed E-state index contributed by atoms with van der Waals surface area (Å²) in [5.74, 6) is -2.40. The average molecular weight is 1400 g/mol.